The Morgan fingerprint density at radius 3 is 2.41 bits per heavy atom. The van der Waals surface area contributed by atoms with Crippen LogP contribution < -0.4 is 10.6 Å². The zero-order valence-electron chi connectivity index (χ0n) is 11.4. The molecule has 0 aromatic heterocycles. The van der Waals surface area contributed by atoms with Gasteiger partial charge in [-0.3, -0.25) is 4.79 Å². The molecule has 2 rings (SSSR count). The molecule has 2 N–H and O–H groups in total. The lowest BCUT2D eigenvalue weighted by atomic mass is 9.75. The van der Waals surface area contributed by atoms with Gasteiger partial charge in [-0.05, 0) is 65.0 Å². The summed E-state index contributed by atoms with van der Waals surface area (Å²) in [5.41, 5.74) is -0.123. The molecule has 1 aliphatic heterocycles. The van der Waals surface area contributed by atoms with Crippen LogP contribution in [0, 0.1) is 11.3 Å². The van der Waals surface area contributed by atoms with E-state index in [1.807, 2.05) is 0 Å². The van der Waals surface area contributed by atoms with E-state index in [-0.39, 0.29) is 11.0 Å². The summed E-state index contributed by atoms with van der Waals surface area (Å²) in [6, 6.07) is 0. The van der Waals surface area contributed by atoms with Gasteiger partial charge in [0.1, 0.15) is 0 Å². The molecule has 1 saturated carbocycles. The van der Waals surface area contributed by atoms with Gasteiger partial charge in [0.25, 0.3) is 0 Å². The van der Waals surface area contributed by atoms with Crippen molar-refractivity contribution in [3.8, 4) is 0 Å². The number of carbonyl (C=O) groups excluding carboxylic acids is 1. The van der Waals surface area contributed by atoms with Crippen LogP contribution in [-0.4, -0.2) is 24.5 Å². The Hall–Kier alpha value is -0.570. The van der Waals surface area contributed by atoms with Gasteiger partial charge in [0.15, 0.2) is 0 Å². The van der Waals surface area contributed by atoms with Gasteiger partial charge in [0.2, 0.25) is 5.91 Å². The molecule has 0 spiro atoms. The number of nitrogens with one attached hydrogen (secondary N) is 2. The van der Waals surface area contributed by atoms with Gasteiger partial charge < -0.3 is 10.6 Å². The molecule has 0 unspecified atom stereocenters. The molecule has 0 atom stereocenters. The smallest absolute Gasteiger partial charge is 0.226 e. The third-order valence-corrected chi connectivity index (χ3v) is 4.75. The van der Waals surface area contributed by atoms with Gasteiger partial charge in [-0.15, -0.1) is 0 Å². The van der Waals surface area contributed by atoms with Crippen molar-refractivity contribution in [2.24, 2.45) is 11.3 Å². The van der Waals surface area contributed by atoms with Crippen molar-refractivity contribution in [1.82, 2.24) is 10.6 Å². The van der Waals surface area contributed by atoms with Gasteiger partial charge in [0.05, 0.1) is 5.41 Å². The van der Waals surface area contributed by atoms with E-state index >= 15 is 0 Å². The summed E-state index contributed by atoms with van der Waals surface area (Å²) in [6.45, 7) is 8.45. The quantitative estimate of drug-likeness (QED) is 0.787. The minimum atomic E-state index is -0.114. The summed E-state index contributed by atoms with van der Waals surface area (Å²) in [6.07, 6.45) is 5.47. The molecule has 1 amide bonds. The van der Waals surface area contributed by atoms with Crippen LogP contribution in [0.2, 0.25) is 0 Å². The second-order valence-electron chi connectivity index (χ2n) is 6.33. The fourth-order valence-corrected chi connectivity index (χ4v) is 2.98. The average molecular weight is 238 g/mol. The lowest BCUT2D eigenvalue weighted by Gasteiger charge is -2.39. The monoisotopic (exact) mass is 238 g/mol. The predicted octanol–water partition coefficient (Wildman–Crippen LogP) is 2.07. The zero-order chi connectivity index (χ0) is 12.5. The molecule has 98 valence electrons. The summed E-state index contributed by atoms with van der Waals surface area (Å²) >= 11 is 0. The number of piperidine rings is 1. The third kappa shape index (κ3) is 2.65. The van der Waals surface area contributed by atoms with Crippen LogP contribution in [-0.2, 0) is 4.79 Å². The van der Waals surface area contributed by atoms with Gasteiger partial charge in [-0.2, -0.15) is 0 Å². The second-order valence-corrected chi connectivity index (χ2v) is 6.33. The largest absolute Gasteiger partial charge is 0.350 e. The van der Waals surface area contributed by atoms with E-state index in [0.29, 0.717) is 11.8 Å². The zero-order valence-corrected chi connectivity index (χ0v) is 11.4. The van der Waals surface area contributed by atoms with E-state index < -0.39 is 0 Å². The van der Waals surface area contributed by atoms with Crippen LogP contribution in [0.5, 0.6) is 0 Å². The van der Waals surface area contributed by atoms with E-state index in [1.54, 1.807) is 0 Å². The molecule has 17 heavy (non-hydrogen) atoms. The molecule has 2 fully saturated rings. The van der Waals surface area contributed by atoms with E-state index in [1.165, 1.54) is 12.8 Å². The summed E-state index contributed by atoms with van der Waals surface area (Å²) in [5.74, 6) is 0.987. The minimum Gasteiger partial charge on any atom is -0.350 e. The predicted molar refractivity (Wildman–Crippen MR) is 69.8 cm³/mol. The Labute approximate surface area is 105 Å². The van der Waals surface area contributed by atoms with Crippen molar-refractivity contribution in [2.45, 2.75) is 58.4 Å². The molecule has 3 nitrogen and oxygen atoms in total. The van der Waals surface area contributed by atoms with Crippen LogP contribution in [0.1, 0.15) is 52.9 Å². The fraction of sp³-hybridized carbons (Fsp3) is 0.929. The topological polar surface area (TPSA) is 41.1 Å². The Balaban J connectivity index is 2.01. The van der Waals surface area contributed by atoms with Crippen LogP contribution in [0.3, 0.4) is 0 Å². The summed E-state index contributed by atoms with van der Waals surface area (Å²) in [5, 5.41) is 6.66. The Bertz CT molecular complexity index is 289. The van der Waals surface area contributed by atoms with Crippen molar-refractivity contribution in [3.05, 3.63) is 0 Å². The highest BCUT2D eigenvalue weighted by atomic mass is 16.2. The van der Waals surface area contributed by atoms with E-state index in [0.717, 1.165) is 32.4 Å². The maximum Gasteiger partial charge on any atom is 0.226 e. The van der Waals surface area contributed by atoms with Crippen molar-refractivity contribution in [3.63, 3.8) is 0 Å². The molecule has 1 aliphatic carbocycles. The van der Waals surface area contributed by atoms with Crippen molar-refractivity contribution < 1.29 is 4.79 Å². The highest BCUT2D eigenvalue weighted by molar-refractivity contribution is 5.83. The first-order valence-electron chi connectivity index (χ1n) is 7.03. The second kappa shape index (κ2) is 4.60. The maximum atomic E-state index is 12.6. The molecular weight excluding hydrogens is 212 g/mol. The molecule has 2 aliphatic rings. The maximum absolute atomic E-state index is 12.6. The Kier molecular flexibility index (Phi) is 3.48. The number of hydrogen-bond acceptors (Lipinski definition) is 2. The SMILES string of the molecule is CCC1(C(=O)NC(C)(C)C2CC2)CCNCC1. The highest BCUT2D eigenvalue weighted by Crippen LogP contribution is 2.41. The first-order chi connectivity index (χ1) is 8.00. The molecule has 1 heterocycles. The van der Waals surface area contributed by atoms with E-state index in [2.05, 4.69) is 31.4 Å². The summed E-state index contributed by atoms with van der Waals surface area (Å²) in [4.78, 5) is 12.6. The minimum absolute atomic E-state index is 0.00979. The highest BCUT2D eigenvalue weighted by Gasteiger charge is 2.44. The van der Waals surface area contributed by atoms with Crippen LogP contribution in [0.25, 0.3) is 0 Å². The van der Waals surface area contributed by atoms with E-state index in [4.69, 9.17) is 0 Å². The van der Waals surface area contributed by atoms with E-state index in [9.17, 15) is 4.79 Å². The van der Waals surface area contributed by atoms with Gasteiger partial charge in [0, 0.05) is 5.54 Å². The number of rotatable bonds is 4. The van der Waals surface area contributed by atoms with Crippen LogP contribution >= 0.6 is 0 Å². The molecule has 0 radical (unpaired) electrons. The summed E-state index contributed by atoms with van der Waals surface area (Å²) < 4.78 is 0. The van der Waals surface area contributed by atoms with Crippen molar-refractivity contribution in [2.75, 3.05) is 13.1 Å². The fourth-order valence-electron chi connectivity index (χ4n) is 2.98. The third-order valence-electron chi connectivity index (χ3n) is 4.75. The summed E-state index contributed by atoms with van der Waals surface area (Å²) in [7, 11) is 0. The number of hydrogen-bond donors (Lipinski definition) is 2. The standard InChI is InChI=1S/C14H26N2O/c1-4-14(7-9-15-10-8-14)12(17)16-13(2,3)11-5-6-11/h11,15H,4-10H2,1-3H3,(H,16,17). The van der Waals surface area contributed by atoms with Crippen molar-refractivity contribution >= 4 is 5.91 Å². The Morgan fingerprint density at radius 2 is 1.94 bits per heavy atom. The van der Waals surface area contributed by atoms with Gasteiger partial charge in [-0.25, -0.2) is 0 Å². The van der Waals surface area contributed by atoms with Crippen LogP contribution in [0.4, 0.5) is 0 Å². The first kappa shape index (κ1) is 12.9. The lowest BCUT2D eigenvalue weighted by molar-refractivity contribution is -0.134. The number of amides is 1. The molecule has 0 bridgehead atoms. The van der Waals surface area contributed by atoms with Crippen molar-refractivity contribution in [1.29, 1.82) is 0 Å². The average Bonchev–Trinajstić information content (AvgIpc) is 3.13. The molecule has 3 heteroatoms. The molecule has 0 aromatic carbocycles. The number of carbonyl (C=O) groups is 1. The first-order valence-corrected chi connectivity index (χ1v) is 7.03. The Morgan fingerprint density at radius 1 is 1.35 bits per heavy atom. The van der Waals surface area contributed by atoms with Crippen LogP contribution in [0.15, 0.2) is 0 Å². The van der Waals surface area contributed by atoms with Gasteiger partial charge >= 0.3 is 0 Å². The lowest BCUT2D eigenvalue weighted by Crippen LogP contribution is -2.54. The van der Waals surface area contributed by atoms with Gasteiger partial charge in [-0.1, -0.05) is 6.92 Å². The normalized spacial score (nSPS) is 24.4. The molecular formula is C14H26N2O. The molecule has 1 saturated heterocycles. The molecule has 0 aromatic rings.